The van der Waals surface area contributed by atoms with Gasteiger partial charge in [-0.15, -0.1) is 0 Å². The average Bonchev–Trinajstić information content (AvgIpc) is 2.47. The third kappa shape index (κ3) is 4.40. The number of nitrogens with zero attached hydrogens (tertiary/aromatic N) is 1. The van der Waals surface area contributed by atoms with Crippen LogP contribution in [-0.4, -0.2) is 49.7 Å². The van der Waals surface area contributed by atoms with Gasteiger partial charge in [-0.2, -0.15) is 0 Å². The monoisotopic (exact) mass is 227 g/mol. The van der Waals surface area contributed by atoms with E-state index in [-0.39, 0.29) is 0 Å². The first-order valence-corrected chi connectivity index (χ1v) is 6.85. The molecule has 2 N–H and O–H groups in total. The van der Waals surface area contributed by atoms with E-state index in [4.69, 9.17) is 0 Å². The van der Waals surface area contributed by atoms with Gasteiger partial charge in [0.05, 0.1) is 0 Å². The number of hydrogen-bond donors (Lipinski definition) is 2. The lowest BCUT2D eigenvalue weighted by Gasteiger charge is -2.26. The van der Waals surface area contributed by atoms with Crippen LogP contribution in [0.5, 0.6) is 0 Å². The summed E-state index contributed by atoms with van der Waals surface area (Å²) >= 11 is 0. The molecule has 1 saturated heterocycles. The fraction of sp³-hybridized carbons (Fsp3) is 1.00. The highest BCUT2D eigenvalue weighted by Gasteiger charge is 2.21. The van der Waals surface area contributed by atoms with Crippen LogP contribution in [0, 0.1) is 0 Å². The van der Waals surface area contributed by atoms with E-state index >= 15 is 0 Å². The molecule has 0 aromatic heterocycles. The Hall–Kier alpha value is -0.120. The molecule has 3 nitrogen and oxygen atoms in total. The lowest BCUT2D eigenvalue weighted by Crippen LogP contribution is -2.43. The third-order valence-corrected chi connectivity index (χ3v) is 3.72. The molecule has 1 heterocycles. The Morgan fingerprint density at radius 1 is 1.44 bits per heavy atom. The standard InChI is InChI=1S/C13H29N3/c1-5-12-7-8-16(9-11(3)15-12)10-13(6-2)14-4/h11-15H,5-10H2,1-4H3. The van der Waals surface area contributed by atoms with Crippen LogP contribution in [0.15, 0.2) is 0 Å². The second-order valence-electron chi connectivity index (χ2n) is 5.11. The van der Waals surface area contributed by atoms with Crippen LogP contribution in [0.4, 0.5) is 0 Å². The van der Waals surface area contributed by atoms with Gasteiger partial charge in [0.15, 0.2) is 0 Å². The van der Waals surface area contributed by atoms with Gasteiger partial charge in [0.25, 0.3) is 0 Å². The summed E-state index contributed by atoms with van der Waals surface area (Å²) in [6, 6.07) is 1.99. The zero-order valence-electron chi connectivity index (χ0n) is 11.4. The molecule has 96 valence electrons. The predicted octanol–water partition coefficient (Wildman–Crippen LogP) is 1.45. The van der Waals surface area contributed by atoms with E-state index < -0.39 is 0 Å². The van der Waals surface area contributed by atoms with E-state index in [1.807, 2.05) is 0 Å². The predicted molar refractivity (Wildman–Crippen MR) is 70.9 cm³/mol. The van der Waals surface area contributed by atoms with Gasteiger partial charge in [-0.3, -0.25) is 0 Å². The molecule has 0 aromatic rings. The number of likely N-dealkylation sites (N-methyl/N-ethyl adjacent to an activating group) is 1. The summed E-state index contributed by atoms with van der Waals surface area (Å²) < 4.78 is 0. The van der Waals surface area contributed by atoms with Crippen molar-refractivity contribution in [2.45, 2.75) is 58.2 Å². The van der Waals surface area contributed by atoms with Crippen LogP contribution < -0.4 is 10.6 Å². The lowest BCUT2D eigenvalue weighted by atomic mass is 10.1. The Morgan fingerprint density at radius 2 is 2.19 bits per heavy atom. The largest absolute Gasteiger partial charge is 0.316 e. The number of rotatable bonds is 5. The maximum atomic E-state index is 3.71. The minimum Gasteiger partial charge on any atom is -0.316 e. The van der Waals surface area contributed by atoms with Gasteiger partial charge in [-0.1, -0.05) is 13.8 Å². The smallest absolute Gasteiger partial charge is 0.0189 e. The van der Waals surface area contributed by atoms with E-state index in [1.165, 1.54) is 38.9 Å². The molecular weight excluding hydrogens is 198 g/mol. The Labute approximate surface area is 101 Å². The van der Waals surface area contributed by atoms with Crippen molar-refractivity contribution in [2.24, 2.45) is 0 Å². The van der Waals surface area contributed by atoms with E-state index in [1.54, 1.807) is 0 Å². The summed E-state index contributed by atoms with van der Waals surface area (Å²) in [5, 5.41) is 7.10. The molecule has 0 radical (unpaired) electrons. The average molecular weight is 227 g/mol. The van der Waals surface area contributed by atoms with Crippen molar-refractivity contribution in [1.82, 2.24) is 15.5 Å². The SMILES string of the molecule is CCC(CN1CCC(CC)NC(C)C1)NC. The second kappa shape index (κ2) is 7.25. The van der Waals surface area contributed by atoms with Crippen molar-refractivity contribution in [3.05, 3.63) is 0 Å². The van der Waals surface area contributed by atoms with Crippen molar-refractivity contribution in [3.8, 4) is 0 Å². The van der Waals surface area contributed by atoms with Gasteiger partial charge in [-0.05, 0) is 39.8 Å². The number of hydrogen-bond acceptors (Lipinski definition) is 3. The molecule has 1 aliphatic heterocycles. The molecule has 0 bridgehead atoms. The first-order chi connectivity index (χ1) is 7.69. The second-order valence-corrected chi connectivity index (χ2v) is 5.11. The van der Waals surface area contributed by atoms with Crippen molar-refractivity contribution < 1.29 is 0 Å². The topological polar surface area (TPSA) is 27.3 Å². The quantitative estimate of drug-likeness (QED) is 0.744. The number of nitrogens with one attached hydrogen (secondary N) is 2. The molecule has 0 saturated carbocycles. The zero-order chi connectivity index (χ0) is 12.0. The molecule has 1 rings (SSSR count). The summed E-state index contributed by atoms with van der Waals surface area (Å²) in [6.07, 6.45) is 3.76. The van der Waals surface area contributed by atoms with Gasteiger partial charge in [0.2, 0.25) is 0 Å². The van der Waals surface area contributed by atoms with Gasteiger partial charge in [0.1, 0.15) is 0 Å². The summed E-state index contributed by atoms with van der Waals surface area (Å²) in [5.74, 6) is 0. The van der Waals surface area contributed by atoms with E-state index in [0.29, 0.717) is 12.1 Å². The van der Waals surface area contributed by atoms with Crippen LogP contribution in [0.1, 0.15) is 40.0 Å². The summed E-state index contributed by atoms with van der Waals surface area (Å²) in [7, 11) is 2.07. The van der Waals surface area contributed by atoms with Gasteiger partial charge < -0.3 is 15.5 Å². The molecule has 3 heteroatoms. The lowest BCUT2D eigenvalue weighted by molar-refractivity contribution is 0.242. The highest BCUT2D eigenvalue weighted by molar-refractivity contribution is 4.81. The van der Waals surface area contributed by atoms with E-state index in [0.717, 1.165) is 6.04 Å². The minimum absolute atomic E-state index is 0.627. The molecular formula is C13H29N3. The third-order valence-electron chi connectivity index (χ3n) is 3.72. The molecule has 0 aliphatic carbocycles. The van der Waals surface area contributed by atoms with Crippen LogP contribution in [0.3, 0.4) is 0 Å². The van der Waals surface area contributed by atoms with E-state index in [9.17, 15) is 0 Å². The molecule has 0 amide bonds. The van der Waals surface area contributed by atoms with Gasteiger partial charge in [-0.25, -0.2) is 0 Å². The van der Waals surface area contributed by atoms with Crippen molar-refractivity contribution >= 4 is 0 Å². The van der Waals surface area contributed by atoms with Gasteiger partial charge >= 0.3 is 0 Å². The fourth-order valence-corrected chi connectivity index (χ4v) is 2.58. The molecule has 16 heavy (non-hydrogen) atoms. The normalized spacial score (nSPS) is 30.0. The highest BCUT2D eigenvalue weighted by Crippen LogP contribution is 2.09. The van der Waals surface area contributed by atoms with Crippen LogP contribution in [0.2, 0.25) is 0 Å². The highest BCUT2D eigenvalue weighted by atomic mass is 15.2. The van der Waals surface area contributed by atoms with Crippen molar-refractivity contribution in [2.75, 3.05) is 26.7 Å². The maximum absolute atomic E-state index is 3.71. The molecule has 0 aromatic carbocycles. The maximum Gasteiger partial charge on any atom is 0.0189 e. The molecule has 3 atom stereocenters. The van der Waals surface area contributed by atoms with Crippen molar-refractivity contribution in [3.63, 3.8) is 0 Å². The first kappa shape index (κ1) is 13.9. The summed E-state index contributed by atoms with van der Waals surface area (Å²) in [4.78, 5) is 2.61. The van der Waals surface area contributed by atoms with Crippen LogP contribution in [-0.2, 0) is 0 Å². The minimum atomic E-state index is 0.627. The molecule has 1 aliphatic rings. The van der Waals surface area contributed by atoms with Crippen molar-refractivity contribution in [1.29, 1.82) is 0 Å². The zero-order valence-corrected chi connectivity index (χ0v) is 11.4. The molecule has 0 spiro atoms. The van der Waals surface area contributed by atoms with Crippen LogP contribution >= 0.6 is 0 Å². The van der Waals surface area contributed by atoms with Crippen LogP contribution in [0.25, 0.3) is 0 Å². The Morgan fingerprint density at radius 3 is 2.75 bits per heavy atom. The summed E-state index contributed by atoms with van der Waals surface area (Å²) in [6.45, 7) is 10.5. The fourth-order valence-electron chi connectivity index (χ4n) is 2.58. The first-order valence-electron chi connectivity index (χ1n) is 6.85. The Kier molecular flexibility index (Phi) is 6.32. The Bertz CT molecular complexity index is 180. The Balaban J connectivity index is 2.42. The molecule has 3 unspecified atom stereocenters. The van der Waals surface area contributed by atoms with Gasteiger partial charge in [0, 0.05) is 31.2 Å². The summed E-state index contributed by atoms with van der Waals surface area (Å²) in [5.41, 5.74) is 0. The van der Waals surface area contributed by atoms with E-state index in [2.05, 4.69) is 43.4 Å². The molecule has 1 fully saturated rings.